The van der Waals surface area contributed by atoms with Crippen LogP contribution in [0.25, 0.3) is 11.3 Å². The van der Waals surface area contributed by atoms with Gasteiger partial charge in [-0.2, -0.15) is 9.78 Å². The van der Waals surface area contributed by atoms with Crippen LogP contribution in [-0.4, -0.2) is 44.1 Å². The Morgan fingerprint density at radius 1 is 1.18 bits per heavy atom. The van der Waals surface area contributed by atoms with Gasteiger partial charge in [0.2, 0.25) is 5.78 Å². The lowest BCUT2D eigenvalue weighted by Crippen LogP contribution is -2.29. The highest BCUT2D eigenvalue weighted by atomic mass is 35.5. The maximum atomic E-state index is 13.2. The molecule has 0 aromatic carbocycles. The van der Waals surface area contributed by atoms with Crippen LogP contribution in [-0.2, 0) is 17.8 Å². The van der Waals surface area contributed by atoms with Crippen molar-refractivity contribution in [2.24, 2.45) is 5.41 Å². The number of oxazole rings is 1. The first kappa shape index (κ1) is 27.0. The van der Waals surface area contributed by atoms with Crippen LogP contribution in [0.3, 0.4) is 0 Å². The van der Waals surface area contributed by atoms with Crippen LogP contribution < -0.4 is 10.9 Å². The molecule has 0 amide bonds. The Morgan fingerprint density at radius 2 is 1.95 bits per heavy atom. The van der Waals surface area contributed by atoms with Crippen molar-refractivity contribution in [2.75, 3.05) is 12.4 Å². The lowest BCUT2D eigenvalue weighted by atomic mass is 9.96. The van der Waals surface area contributed by atoms with Crippen molar-refractivity contribution in [3.05, 3.63) is 73.9 Å². The predicted molar refractivity (Wildman–Crippen MR) is 141 cm³/mol. The van der Waals surface area contributed by atoms with E-state index >= 15 is 0 Å². The van der Waals surface area contributed by atoms with E-state index in [0.29, 0.717) is 16.7 Å². The zero-order chi connectivity index (χ0) is 27.6. The predicted octanol–water partition coefficient (Wildman–Crippen LogP) is 4.38. The quantitative estimate of drug-likeness (QED) is 0.247. The summed E-state index contributed by atoms with van der Waals surface area (Å²) < 4.78 is 12.7. The molecule has 0 saturated heterocycles. The standard InChI is InChI=1S/C25H24ClN5O6S/c1-25(2,3)24(35)31-21(28-10-15-5-6-20(26)38-15)9-16(29-31)14-7-17(23(34)36-4)30(22(33)8-14)12-18(32)19-11-27-13-37-19/h5-9,11,13,28H,10,12H2,1-4H3. The van der Waals surface area contributed by atoms with Crippen molar-refractivity contribution in [3.8, 4) is 11.3 Å². The van der Waals surface area contributed by atoms with Crippen molar-refractivity contribution in [3.63, 3.8) is 0 Å². The van der Waals surface area contributed by atoms with Gasteiger partial charge in [0.15, 0.2) is 12.2 Å². The van der Waals surface area contributed by atoms with Gasteiger partial charge in [0.1, 0.15) is 11.5 Å². The van der Waals surface area contributed by atoms with Gasteiger partial charge in [-0.3, -0.25) is 19.0 Å². The Balaban J connectivity index is 1.75. The van der Waals surface area contributed by atoms with E-state index in [1.54, 1.807) is 32.9 Å². The molecule has 4 heterocycles. The summed E-state index contributed by atoms with van der Waals surface area (Å²) in [6, 6.07) is 7.88. The second kappa shape index (κ2) is 10.8. The molecule has 0 spiro atoms. The van der Waals surface area contributed by atoms with Gasteiger partial charge in [0, 0.05) is 28.0 Å². The van der Waals surface area contributed by atoms with E-state index in [-0.39, 0.29) is 28.6 Å². The number of anilines is 1. The van der Waals surface area contributed by atoms with E-state index in [0.717, 1.165) is 22.9 Å². The summed E-state index contributed by atoms with van der Waals surface area (Å²) >= 11 is 7.43. The van der Waals surface area contributed by atoms with Crippen LogP contribution >= 0.6 is 22.9 Å². The zero-order valence-corrected chi connectivity index (χ0v) is 22.6. The van der Waals surface area contributed by atoms with E-state index in [1.165, 1.54) is 34.3 Å². The smallest absolute Gasteiger partial charge is 0.354 e. The molecule has 11 nitrogen and oxygen atoms in total. The SMILES string of the molecule is COC(=O)c1cc(-c2cc(NCc3ccc(Cl)s3)n(C(=O)C(C)(C)C)n2)cc(=O)n1CC(=O)c1cnco1. The first-order chi connectivity index (χ1) is 18.0. The molecule has 0 bridgehead atoms. The number of methoxy groups -OCH3 is 1. The number of rotatable bonds is 8. The van der Waals surface area contributed by atoms with Gasteiger partial charge in [-0.1, -0.05) is 32.4 Å². The summed E-state index contributed by atoms with van der Waals surface area (Å²) in [5.74, 6) is -1.32. The average Bonchev–Trinajstić information content (AvgIpc) is 3.63. The number of hydrogen-bond acceptors (Lipinski definition) is 10. The van der Waals surface area contributed by atoms with Gasteiger partial charge in [0.25, 0.3) is 11.5 Å². The van der Waals surface area contributed by atoms with Crippen LogP contribution in [0.1, 0.15) is 51.5 Å². The highest BCUT2D eigenvalue weighted by Crippen LogP contribution is 2.28. The molecule has 4 aromatic heterocycles. The van der Waals surface area contributed by atoms with Gasteiger partial charge >= 0.3 is 5.97 Å². The normalized spacial score (nSPS) is 11.4. The second-order valence-electron chi connectivity index (χ2n) is 9.28. The molecule has 0 aliphatic heterocycles. The number of thiophene rings is 1. The summed E-state index contributed by atoms with van der Waals surface area (Å²) in [5.41, 5.74) is -1.03. The Labute approximate surface area is 226 Å². The highest BCUT2D eigenvalue weighted by molar-refractivity contribution is 7.16. The summed E-state index contributed by atoms with van der Waals surface area (Å²) in [5, 5.41) is 7.65. The second-order valence-corrected chi connectivity index (χ2v) is 11.1. The fourth-order valence-corrected chi connectivity index (χ4v) is 4.53. The van der Waals surface area contributed by atoms with Crippen molar-refractivity contribution in [2.45, 2.75) is 33.9 Å². The number of esters is 1. The minimum atomic E-state index is -0.826. The molecule has 0 unspecified atom stereocenters. The van der Waals surface area contributed by atoms with Crippen LogP contribution in [0.4, 0.5) is 5.82 Å². The molecule has 0 aliphatic carbocycles. The third-order valence-electron chi connectivity index (χ3n) is 5.44. The summed E-state index contributed by atoms with van der Waals surface area (Å²) in [4.78, 5) is 56.0. The minimum absolute atomic E-state index is 0.0565. The Bertz CT molecular complexity index is 1560. The number of pyridine rings is 1. The number of nitrogens with zero attached hydrogens (tertiary/aromatic N) is 4. The molecule has 13 heteroatoms. The lowest BCUT2D eigenvalue weighted by Gasteiger charge is -2.18. The highest BCUT2D eigenvalue weighted by Gasteiger charge is 2.28. The third kappa shape index (κ3) is 5.76. The van der Waals surface area contributed by atoms with Gasteiger partial charge in [-0.15, -0.1) is 11.3 Å². The fourth-order valence-electron chi connectivity index (χ4n) is 3.50. The molecular weight excluding hydrogens is 534 g/mol. The van der Waals surface area contributed by atoms with Crippen molar-refractivity contribution < 1.29 is 23.5 Å². The Morgan fingerprint density at radius 3 is 2.55 bits per heavy atom. The number of halogens is 1. The number of Topliss-reactive ketones (excluding diaryl/α,β-unsaturated/α-hetero) is 1. The Hall–Kier alpha value is -4.03. The van der Waals surface area contributed by atoms with Crippen LogP contribution in [0.5, 0.6) is 0 Å². The van der Waals surface area contributed by atoms with Crippen molar-refractivity contribution in [1.29, 1.82) is 0 Å². The molecule has 0 radical (unpaired) electrons. The molecule has 1 N–H and O–H groups in total. The van der Waals surface area contributed by atoms with Gasteiger partial charge < -0.3 is 14.5 Å². The van der Waals surface area contributed by atoms with E-state index in [1.807, 2.05) is 6.07 Å². The average molecular weight is 558 g/mol. The van der Waals surface area contributed by atoms with Crippen LogP contribution in [0.15, 0.2) is 52.1 Å². The first-order valence-electron chi connectivity index (χ1n) is 11.4. The summed E-state index contributed by atoms with van der Waals surface area (Å²) in [7, 11) is 1.16. The molecule has 38 heavy (non-hydrogen) atoms. The van der Waals surface area contributed by atoms with Gasteiger partial charge in [-0.05, 0) is 18.2 Å². The number of aromatic nitrogens is 4. The van der Waals surface area contributed by atoms with Crippen LogP contribution in [0, 0.1) is 5.41 Å². The number of carbonyl (C=O) groups is 3. The molecule has 0 aliphatic rings. The van der Waals surface area contributed by atoms with E-state index in [9.17, 15) is 19.2 Å². The van der Waals surface area contributed by atoms with Crippen molar-refractivity contribution >= 4 is 46.4 Å². The third-order valence-corrected chi connectivity index (χ3v) is 6.67. The minimum Gasteiger partial charge on any atom is -0.464 e. The monoisotopic (exact) mass is 557 g/mol. The number of hydrogen-bond donors (Lipinski definition) is 1. The molecule has 0 saturated carbocycles. The largest absolute Gasteiger partial charge is 0.464 e. The maximum Gasteiger partial charge on any atom is 0.354 e. The molecule has 198 valence electrons. The zero-order valence-electron chi connectivity index (χ0n) is 21.0. The van der Waals surface area contributed by atoms with Gasteiger partial charge in [0.05, 0.1) is 36.4 Å². The topological polar surface area (TPSA) is 138 Å². The fraction of sp³-hybridized carbons (Fsp3) is 0.280. The number of carbonyl (C=O) groups excluding carboxylic acids is 3. The van der Waals surface area contributed by atoms with E-state index in [2.05, 4.69) is 15.4 Å². The molecule has 0 atom stereocenters. The maximum absolute atomic E-state index is 13.2. The van der Waals surface area contributed by atoms with Crippen molar-refractivity contribution in [1.82, 2.24) is 19.3 Å². The molecule has 4 aromatic rings. The first-order valence-corrected chi connectivity index (χ1v) is 12.6. The lowest BCUT2D eigenvalue weighted by molar-refractivity contribution is 0.0586. The van der Waals surface area contributed by atoms with Gasteiger partial charge in [-0.25, -0.2) is 9.78 Å². The summed E-state index contributed by atoms with van der Waals surface area (Å²) in [6.45, 7) is 5.22. The van der Waals surface area contributed by atoms with Crippen LogP contribution in [0.2, 0.25) is 4.34 Å². The molecule has 4 rings (SSSR count). The summed E-state index contributed by atoms with van der Waals surface area (Å²) in [6.07, 6.45) is 2.31. The molecule has 0 fully saturated rings. The van der Waals surface area contributed by atoms with E-state index < -0.39 is 29.3 Å². The number of ketones is 1. The van der Waals surface area contributed by atoms with E-state index in [4.69, 9.17) is 20.8 Å². The number of nitrogens with one attached hydrogen (secondary N) is 1. The Kier molecular flexibility index (Phi) is 7.65. The molecular formula is C25H24ClN5O6S. The number of ether oxygens (including phenoxy) is 1.